The first-order valence-electron chi connectivity index (χ1n) is 12.9. The lowest BCUT2D eigenvalue weighted by Gasteiger charge is -2.40. The molecule has 2 aliphatic rings. The summed E-state index contributed by atoms with van der Waals surface area (Å²) in [6, 6.07) is 13.2. The van der Waals surface area contributed by atoms with Crippen molar-refractivity contribution in [3.8, 4) is 5.75 Å². The van der Waals surface area contributed by atoms with E-state index < -0.39 is 6.10 Å². The van der Waals surface area contributed by atoms with Gasteiger partial charge in [0.2, 0.25) is 0 Å². The minimum absolute atomic E-state index is 0.0791. The first kappa shape index (κ1) is 24.6. The van der Waals surface area contributed by atoms with E-state index in [0.29, 0.717) is 12.0 Å². The summed E-state index contributed by atoms with van der Waals surface area (Å²) in [4.78, 5) is 18.0. The Labute approximate surface area is 205 Å². The Morgan fingerprint density at radius 3 is 2.38 bits per heavy atom. The smallest absolute Gasteiger partial charge is 0.263 e. The summed E-state index contributed by atoms with van der Waals surface area (Å²) in [5.41, 5.74) is 11.8. The largest absolute Gasteiger partial charge is 0.481 e. The molecule has 1 heterocycles. The van der Waals surface area contributed by atoms with Gasteiger partial charge in [-0.1, -0.05) is 30.3 Å². The van der Waals surface area contributed by atoms with Crippen molar-refractivity contribution in [3.05, 3.63) is 58.7 Å². The number of rotatable bonds is 8. The fourth-order valence-electron chi connectivity index (χ4n) is 5.55. The van der Waals surface area contributed by atoms with Crippen molar-refractivity contribution < 1.29 is 9.53 Å². The lowest BCUT2D eigenvalue weighted by Crippen LogP contribution is -2.51. The van der Waals surface area contributed by atoms with Crippen LogP contribution < -0.4 is 10.5 Å². The molecule has 0 bridgehead atoms. The van der Waals surface area contributed by atoms with Crippen LogP contribution in [-0.4, -0.2) is 54.0 Å². The highest BCUT2D eigenvalue weighted by atomic mass is 16.5. The maximum Gasteiger partial charge on any atom is 0.263 e. The van der Waals surface area contributed by atoms with Gasteiger partial charge in [-0.3, -0.25) is 4.79 Å². The molecule has 0 spiro atoms. The summed E-state index contributed by atoms with van der Waals surface area (Å²) in [6.45, 7) is 13.9. The van der Waals surface area contributed by atoms with Crippen LogP contribution in [0.25, 0.3) is 0 Å². The number of likely N-dealkylation sites (tertiary alicyclic amines) is 1. The fourth-order valence-corrected chi connectivity index (χ4v) is 5.55. The Kier molecular flexibility index (Phi) is 7.22. The van der Waals surface area contributed by atoms with Gasteiger partial charge in [0.1, 0.15) is 5.75 Å². The molecule has 2 N–H and O–H groups in total. The molecule has 5 nitrogen and oxygen atoms in total. The fraction of sp³-hybridized carbons (Fsp3) is 0.552. The maximum absolute atomic E-state index is 13.4. The average molecular weight is 464 g/mol. The quantitative estimate of drug-likeness (QED) is 0.560. The van der Waals surface area contributed by atoms with Gasteiger partial charge >= 0.3 is 0 Å². The van der Waals surface area contributed by atoms with Gasteiger partial charge in [-0.15, -0.1) is 0 Å². The minimum atomic E-state index is -0.521. The Bertz CT molecular complexity index is 1010. The van der Waals surface area contributed by atoms with Gasteiger partial charge in [-0.05, 0) is 88.6 Å². The van der Waals surface area contributed by atoms with E-state index in [-0.39, 0.29) is 11.9 Å². The van der Waals surface area contributed by atoms with Crippen molar-refractivity contribution in [1.29, 1.82) is 0 Å². The Morgan fingerprint density at radius 1 is 1.15 bits per heavy atom. The first-order chi connectivity index (χ1) is 16.3. The zero-order chi connectivity index (χ0) is 24.5. The molecule has 2 fully saturated rings. The van der Waals surface area contributed by atoms with E-state index >= 15 is 0 Å². The third kappa shape index (κ3) is 4.95. The number of aryl methyl sites for hydroxylation is 1. The summed E-state index contributed by atoms with van der Waals surface area (Å²) in [5.74, 6) is 0.835. The molecule has 1 saturated carbocycles. The maximum atomic E-state index is 13.4. The average Bonchev–Trinajstić information content (AvgIpc) is 3.63. The molecular formula is C29H41N3O2. The third-order valence-electron chi connectivity index (χ3n) is 8.15. The predicted molar refractivity (Wildman–Crippen MR) is 139 cm³/mol. The normalized spacial score (nSPS) is 19.0. The van der Waals surface area contributed by atoms with Crippen molar-refractivity contribution in [1.82, 2.24) is 9.80 Å². The van der Waals surface area contributed by atoms with Crippen molar-refractivity contribution in [2.45, 2.75) is 77.9 Å². The van der Waals surface area contributed by atoms with Crippen molar-refractivity contribution >= 4 is 11.6 Å². The Hall–Kier alpha value is -2.53. The lowest BCUT2D eigenvalue weighted by atomic mass is 9.93. The standard InChI is InChI=1S/C29H41N3O2/c1-6-32(28(33)23(5)34-26-18-20(2)27(30)22(4)21(26)3)25-12-16-31(17-13-25)19-29(14-15-29)24-10-8-7-9-11-24/h7-11,18,23,25H,6,12-17,19,30H2,1-5H3. The SMILES string of the molecule is CCN(C(=O)C(C)Oc1cc(C)c(N)c(C)c1C)C1CCN(CC2(c3ccccc3)CC2)CC1. The number of amides is 1. The van der Waals surface area contributed by atoms with Crippen LogP contribution in [-0.2, 0) is 10.2 Å². The summed E-state index contributed by atoms with van der Waals surface area (Å²) < 4.78 is 6.18. The van der Waals surface area contributed by atoms with Crippen LogP contribution in [0.15, 0.2) is 36.4 Å². The second-order valence-electron chi connectivity index (χ2n) is 10.4. The molecule has 5 heteroatoms. The van der Waals surface area contributed by atoms with E-state index in [1.54, 1.807) is 0 Å². The van der Waals surface area contributed by atoms with E-state index in [1.165, 1.54) is 18.4 Å². The predicted octanol–water partition coefficient (Wildman–Crippen LogP) is 5.01. The van der Waals surface area contributed by atoms with Gasteiger partial charge in [-0.2, -0.15) is 0 Å². The monoisotopic (exact) mass is 463 g/mol. The molecule has 184 valence electrons. The molecule has 1 amide bonds. The number of nitrogens with zero attached hydrogens (tertiary/aromatic N) is 2. The molecule has 1 saturated heterocycles. The molecule has 1 unspecified atom stereocenters. The number of benzene rings is 2. The van der Waals surface area contributed by atoms with Crippen LogP contribution in [0.3, 0.4) is 0 Å². The topological polar surface area (TPSA) is 58.8 Å². The molecule has 0 aromatic heterocycles. The van der Waals surface area contributed by atoms with Crippen LogP contribution in [0.1, 0.15) is 61.8 Å². The Balaban J connectivity index is 1.35. The molecule has 4 rings (SSSR count). The number of carbonyl (C=O) groups is 1. The number of piperidine rings is 1. The van der Waals surface area contributed by atoms with Crippen LogP contribution in [0.5, 0.6) is 5.75 Å². The number of ether oxygens (including phenoxy) is 1. The summed E-state index contributed by atoms with van der Waals surface area (Å²) in [6.07, 6.45) is 4.10. The van der Waals surface area contributed by atoms with Crippen LogP contribution in [0.2, 0.25) is 0 Å². The van der Waals surface area contributed by atoms with E-state index in [9.17, 15) is 4.79 Å². The number of likely N-dealkylation sites (N-methyl/N-ethyl adjacent to an activating group) is 1. The van der Waals surface area contributed by atoms with E-state index in [4.69, 9.17) is 10.5 Å². The molecule has 34 heavy (non-hydrogen) atoms. The number of anilines is 1. The zero-order valence-electron chi connectivity index (χ0n) is 21.6. The van der Waals surface area contributed by atoms with Crippen molar-refractivity contribution in [2.24, 2.45) is 0 Å². The second kappa shape index (κ2) is 9.99. The van der Waals surface area contributed by atoms with Gasteiger partial charge < -0.3 is 20.3 Å². The number of nitrogens with two attached hydrogens (primary N) is 1. The van der Waals surface area contributed by atoms with Gasteiger partial charge in [0.05, 0.1) is 0 Å². The van der Waals surface area contributed by atoms with Crippen molar-refractivity contribution in [3.63, 3.8) is 0 Å². The molecule has 2 aromatic carbocycles. The van der Waals surface area contributed by atoms with Gasteiger partial charge in [-0.25, -0.2) is 0 Å². The highest BCUT2D eigenvalue weighted by Crippen LogP contribution is 2.49. The number of nitrogen functional groups attached to an aromatic ring is 1. The van der Waals surface area contributed by atoms with Crippen molar-refractivity contribution in [2.75, 3.05) is 31.9 Å². The first-order valence-corrected chi connectivity index (χ1v) is 12.9. The molecule has 1 aliphatic carbocycles. The molecule has 1 atom stereocenters. The number of hydrogen-bond acceptors (Lipinski definition) is 4. The minimum Gasteiger partial charge on any atom is -0.481 e. The highest BCUT2D eigenvalue weighted by Gasteiger charge is 2.45. The van der Waals surface area contributed by atoms with Gasteiger partial charge in [0.25, 0.3) is 5.91 Å². The number of hydrogen-bond donors (Lipinski definition) is 1. The molecule has 0 radical (unpaired) electrons. The van der Waals surface area contributed by atoms with Gasteiger partial charge in [0.15, 0.2) is 6.10 Å². The summed E-state index contributed by atoms with van der Waals surface area (Å²) in [5, 5.41) is 0. The summed E-state index contributed by atoms with van der Waals surface area (Å²) >= 11 is 0. The lowest BCUT2D eigenvalue weighted by molar-refractivity contribution is -0.141. The Morgan fingerprint density at radius 2 is 1.79 bits per heavy atom. The molecule has 1 aliphatic heterocycles. The summed E-state index contributed by atoms with van der Waals surface area (Å²) in [7, 11) is 0. The van der Waals surface area contributed by atoms with Gasteiger partial charge in [0, 0.05) is 43.3 Å². The van der Waals surface area contributed by atoms with Crippen LogP contribution >= 0.6 is 0 Å². The highest BCUT2D eigenvalue weighted by molar-refractivity contribution is 5.81. The zero-order valence-corrected chi connectivity index (χ0v) is 21.6. The molecular weight excluding hydrogens is 422 g/mol. The third-order valence-corrected chi connectivity index (χ3v) is 8.15. The number of carbonyl (C=O) groups excluding carboxylic acids is 1. The van der Waals surface area contributed by atoms with E-state index in [2.05, 4.69) is 42.2 Å². The van der Waals surface area contributed by atoms with Crippen LogP contribution in [0, 0.1) is 20.8 Å². The van der Waals surface area contributed by atoms with E-state index in [1.807, 2.05) is 38.7 Å². The van der Waals surface area contributed by atoms with E-state index in [0.717, 1.165) is 60.6 Å². The molecule has 2 aromatic rings. The second-order valence-corrected chi connectivity index (χ2v) is 10.4. The van der Waals surface area contributed by atoms with Crippen LogP contribution in [0.4, 0.5) is 5.69 Å².